The molecule has 0 unspecified atom stereocenters. The Morgan fingerprint density at radius 2 is 1.82 bits per heavy atom. The van der Waals surface area contributed by atoms with Gasteiger partial charge in [-0.25, -0.2) is 9.78 Å². The number of nitrogens with zero attached hydrogens (tertiary/aromatic N) is 5. The largest absolute Gasteiger partial charge is 0.481 e. The second-order valence-electron chi connectivity index (χ2n) is 9.48. The van der Waals surface area contributed by atoms with Crippen molar-refractivity contribution in [1.82, 2.24) is 24.4 Å². The minimum absolute atomic E-state index is 0.174. The van der Waals surface area contributed by atoms with Crippen LogP contribution in [0.4, 0.5) is 10.1 Å². The average Bonchev–Trinajstić information content (AvgIpc) is 3.23. The van der Waals surface area contributed by atoms with E-state index in [-0.39, 0.29) is 5.69 Å². The lowest BCUT2D eigenvalue weighted by Crippen LogP contribution is -2.43. The van der Waals surface area contributed by atoms with E-state index in [0.717, 1.165) is 70.5 Å². The predicted molar refractivity (Wildman–Crippen MR) is 148 cm³/mol. The van der Waals surface area contributed by atoms with E-state index >= 15 is 0 Å². The Labute approximate surface area is 219 Å². The number of hydrogen-bond donors (Lipinski definition) is 1. The molecule has 0 amide bonds. The molecule has 0 radical (unpaired) electrons. The number of ether oxygens (including phenoxy) is 1. The molecule has 5 aromatic rings. The lowest BCUT2D eigenvalue weighted by molar-refractivity contribution is 0.398. The SMILES string of the molecule is COc1ccc(-c2ccc3ncc4c(c3c2)n(-c2ccc(N3CCNCC3)c(CCF)c2)c(=O)n4C)cn1. The van der Waals surface area contributed by atoms with Gasteiger partial charge in [0.15, 0.2) is 0 Å². The number of anilines is 1. The molecule has 0 atom stereocenters. The van der Waals surface area contributed by atoms with Gasteiger partial charge in [0.25, 0.3) is 0 Å². The summed E-state index contributed by atoms with van der Waals surface area (Å²) in [5, 5.41) is 4.22. The van der Waals surface area contributed by atoms with E-state index in [1.807, 2.05) is 48.5 Å². The lowest BCUT2D eigenvalue weighted by Gasteiger charge is -2.31. The van der Waals surface area contributed by atoms with Crippen molar-refractivity contribution in [1.29, 1.82) is 0 Å². The van der Waals surface area contributed by atoms with Crippen molar-refractivity contribution in [2.75, 3.05) is 44.9 Å². The zero-order valence-electron chi connectivity index (χ0n) is 21.4. The van der Waals surface area contributed by atoms with Gasteiger partial charge in [-0.05, 0) is 47.5 Å². The van der Waals surface area contributed by atoms with Crippen molar-refractivity contribution >= 4 is 27.6 Å². The summed E-state index contributed by atoms with van der Waals surface area (Å²) in [7, 11) is 3.34. The van der Waals surface area contributed by atoms with E-state index in [1.54, 1.807) is 35.7 Å². The molecule has 1 aliphatic heterocycles. The number of pyridine rings is 2. The highest BCUT2D eigenvalue weighted by Gasteiger charge is 2.20. The van der Waals surface area contributed by atoms with Gasteiger partial charge in [-0.3, -0.25) is 18.5 Å². The van der Waals surface area contributed by atoms with Crippen LogP contribution in [0, 0.1) is 0 Å². The number of halogens is 1. The fourth-order valence-electron chi connectivity index (χ4n) is 5.32. The molecular weight excluding hydrogens is 483 g/mol. The molecule has 2 aromatic carbocycles. The number of aromatic nitrogens is 4. The first-order valence-corrected chi connectivity index (χ1v) is 12.7. The second-order valence-corrected chi connectivity index (χ2v) is 9.48. The van der Waals surface area contributed by atoms with Crippen LogP contribution in [0.2, 0.25) is 0 Å². The van der Waals surface area contributed by atoms with Crippen LogP contribution in [-0.4, -0.2) is 59.1 Å². The molecule has 3 aromatic heterocycles. The van der Waals surface area contributed by atoms with Crippen LogP contribution in [0.25, 0.3) is 38.8 Å². The molecule has 8 nitrogen and oxygen atoms in total. The van der Waals surface area contributed by atoms with Gasteiger partial charge in [0.05, 0.1) is 42.2 Å². The number of alkyl halides is 1. The smallest absolute Gasteiger partial charge is 0.333 e. The van der Waals surface area contributed by atoms with Crippen LogP contribution in [-0.2, 0) is 13.5 Å². The second kappa shape index (κ2) is 9.90. The van der Waals surface area contributed by atoms with E-state index in [0.29, 0.717) is 18.0 Å². The number of fused-ring (bicyclic) bond motifs is 3. The maximum atomic E-state index is 13.6. The fraction of sp³-hybridized carbons (Fsp3) is 0.276. The normalized spacial score (nSPS) is 13.9. The molecule has 1 saturated heterocycles. The van der Waals surface area contributed by atoms with Crippen LogP contribution in [0.15, 0.2) is 65.7 Å². The number of imidazole rings is 1. The first-order chi connectivity index (χ1) is 18.6. The fourth-order valence-corrected chi connectivity index (χ4v) is 5.32. The molecule has 194 valence electrons. The summed E-state index contributed by atoms with van der Waals surface area (Å²) in [6.07, 6.45) is 3.80. The third-order valence-electron chi connectivity index (χ3n) is 7.30. The molecule has 0 saturated carbocycles. The lowest BCUT2D eigenvalue weighted by atomic mass is 10.0. The number of methoxy groups -OCH3 is 1. The van der Waals surface area contributed by atoms with Crippen LogP contribution in [0.3, 0.4) is 0 Å². The highest BCUT2D eigenvalue weighted by Crippen LogP contribution is 2.31. The summed E-state index contributed by atoms with van der Waals surface area (Å²) in [5.41, 5.74) is 6.64. The summed E-state index contributed by atoms with van der Waals surface area (Å²) in [5.74, 6) is 0.545. The molecule has 1 fully saturated rings. The Bertz CT molecular complexity index is 1690. The van der Waals surface area contributed by atoms with Gasteiger partial charge < -0.3 is 15.0 Å². The van der Waals surface area contributed by atoms with Gasteiger partial charge >= 0.3 is 5.69 Å². The molecule has 4 heterocycles. The predicted octanol–water partition coefficient (Wildman–Crippen LogP) is 3.87. The highest BCUT2D eigenvalue weighted by atomic mass is 19.1. The number of benzene rings is 2. The zero-order chi connectivity index (χ0) is 26.2. The minimum Gasteiger partial charge on any atom is -0.481 e. The minimum atomic E-state index is -0.459. The third kappa shape index (κ3) is 4.09. The Morgan fingerprint density at radius 1 is 1.00 bits per heavy atom. The molecular formula is C29H29FN6O2. The summed E-state index contributed by atoms with van der Waals surface area (Å²) in [6.45, 7) is 3.06. The summed E-state index contributed by atoms with van der Waals surface area (Å²) in [6, 6.07) is 15.7. The summed E-state index contributed by atoms with van der Waals surface area (Å²) in [4.78, 5) is 24.8. The quantitative estimate of drug-likeness (QED) is 0.372. The van der Waals surface area contributed by atoms with E-state index in [4.69, 9.17) is 4.74 Å². The van der Waals surface area contributed by atoms with Gasteiger partial charge in [0.2, 0.25) is 5.88 Å². The first kappa shape index (κ1) is 24.1. The molecule has 1 N–H and O–H groups in total. The Balaban J connectivity index is 1.55. The van der Waals surface area contributed by atoms with Gasteiger partial charge in [-0.1, -0.05) is 6.07 Å². The number of nitrogens with one attached hydrogen (secondary N) is 1. The molecule has 1 aliphatic rings. The van der Waals surface area contributed by atoms with Gasteiger partial charge in [-0.15, -0.1) is 0 Å². The standard InChI is InChI=1S/C29H29FN6O2/c1-34-26-18-32-24-6-3-19(21-4-8-27(38-2)33-17-21)16-23(24)28(26)36(29(34)37)22-5-7-25(20(15-22)9-10-30)35-13-11-31-12-14-35/h3-8,15-18,31H,9-14H2,1-2H3. The highest BCUT2D eigenvalue weighted by molar-refractivity contribution is 6.04. The molecule has 0 bridgehead atoms. The van der Waals surface area contributed by atoms with Crippen molar-refractivity contribution in [2.45, 2.75) is 6.42 Å². The third-order valence-corrected chi connectivity index (χ3v) is 7.30. The monoisotopic (exact) mass is 512 g/mol. The number of rotatable bonds is 6. The van der Waals surface area contributed by atoms with Crippen molar-refractivity contribution in [3.8, 4) is 22.7 Å². The topological polar surface area (TPSA) is 77.2 Å². The average molecular weight is 513 g/mol. The van der Waals surface area contributed by atoms with Crippen molar-refractivity contribution in [3.63, 3.8) is 0 Å². The van der Waals surface area contributed by atoms with Gasteiger partial charge in [0, 0.05) is 68.5 Å². The van der Waals surface area contributed by atoms with Crippen LogP contribution >= 0.6 is 0 Å². The summed E-state index contributed by atoms with van der Waals surface area (Å²) < 4.78 is 22.2. The maximum Gasteiger partial charge on any atom is 0.333 e. The van der Waals surface area contributed by atoms with E-state index in [2.05, 4.69) is 20.2 Å². The Morgan fingerprint density at radius 3 is 2.55 bits per heavy atom. The zero-order valence-corrected chi connectivity index (χ0v) is 21.4. The first-order valence-electron chi connectivity index (χ1n) is 12.7. The van der Waals surface area contributed by atoms with Crippen LogP contribution < -0.4 is 20.6 Å². The van der Waals surface area contributed by atoms with Crippen molar-refractivity contribution < 1.29 is 9.13 Å². The Hall–Kier alpha value is -4.24. The van der Waals surface area contributed by atoms with Crippen LogP contribution in [0.5, 0.6) is 5.88 Å². The maximum absolute atomic E-state index is 13.6. The molecule has 0 spiro atoms. The number of aryl methyl sites for hydroxylation is 2. The van der Waals surface area contributed by atoms with Crippen molar-refractivity contribution in [2.24, 2.45) is 7.05 Å². The molecule has 38 heavy (non-hydrogen) atoms. The van der Waals surface area contributed by atoms with E-state index in [9.17, 15) is 9.18 Å². The van der Waals surface area contributed by atoms with Gasteiger partial charge in [-0.2, -0.15) is 0 Å². The van der Waals surface area contributed by atoms with Crippen LogP contribution in [0.1, 0.15) is 5.56 Å². The van der Waals surface area contributed by atoms with Crippen molar-refractivity contribution in [3.05, 3.63) is 77.0 Å². The number of piperazine rings is 1. The van der Waals surface area contributed by atoms with E-state index < -0.39 is 6.67 Å². The molecule has 6 rings (SSSR count). The molecule has 0 aliphatic carbocycles. The Kier molecular flexibility index (Phi) is 6.29. The number of hydrogen-bond acceptors (Lipinski definition) is 6. The van der Waals surface area contributed by atoms with E-state index in [1.165, 1.54) is 0 Å². The molecule has 9 heteroatoms. The van der Waals surface area contributed by atoms with Gasteiger partial charge in [0.1, 0.15) is 0 Å². The summed E-state index contributed by atoms with van der Waals surface area (Å²) >= 11 is 0.